The normalized spacial score (nSPS) is 11.5. The van der Waals surface area contributed by atoms with Crippen LogP contribution in [0, 0.1) is 13.8 Å². The first-order valence-corrected chi connectivity index (χ1v) is 9.58. The van der Waals surface area contributed by atoms with E-state index in [9.17, 15) is 0 Å². The first-order valence-electron chi connectivity index (χ1n) is 9.58. The van der Waals surface area contributed by atoms with Crippen molar-refractivity contribution < 1.29 is 0 Å². The maximum Gasteiger partial charge on any atom is 0.0961 e. The average Bonchev–Trinajstić information content (AvgIpc) is 3.30. The minimum atomic E-state index is 0.824. The van der Waals surface area contributed by atoms with Crippen LogP contribution in [0.15, 0.2) is 73.3 Å². The lowest BCUT2D eigenvalue weighted by Crippen LogP contribution is -2.05. The Hall–Kier alpha value is -3.40. The van der Waals surface area contributed by atoms with Crippen LogP contribution in [0.25, 0.3) is 22.1 Å². The summed E-state index contributed by atoms with van der Waals surface area (Å²) >= 11 is 0. The highest BCUT2D eigenvalue weighted by Crippen LogP contribution is 2.22. The fourth-order valence-corrected chi connectivity index (χ4v) is 3.93. The molecule has 2 heterocycles. The average molecular weight is 366 g/mol. The largest absolute Gasteiger partial charge is 0.326 e. The zero-order valence-electron chi connectivity index (χ0n) is 16.1. The zero-order valence-corrected chi connectivity index (χ0v) is 16.1. The van der Waals surface area contributed by atoms with Gasteiger partial charge in [-0.15, -0.1) is 0 Å². The van der Waals surface area contributed by atoms with Crippen molar-refractivity contribution >= 4 is 22.1 Å². The van der Waals surface area contributed by atoms with Gasteiger partial charge in [0.05, 0.1) is 34.7 Å². The van der Waals surface area contributed by atoms with Crippen LogP contribution in [0.1, 0.15) is 22.3 Å². The van der Waals surface area contributed by atoms with E-state index in [2.05, 4.69) is 81.5 Å². The zero-order chi connectivity index (χ0) is 19.1. The predicted octanol–water partition coefficient (Wildman–Crippen LogP) is 5.10. The van der Waals surface area contributed by atoms with Crippen LogP contribution in [-0.2, 0) is 13.1 Å². The van der Waals surface area contributed by atoms with E-state index in [1.165, 1.54) is 33.3 Å². The van der Waals surface area contributed by atoms with Crippen LogP contribution in [0.3, 0.4) is 0 Å². The van der Waals surface area contributed by atoms with Gasteiger partial charge in [-0.3, -0.25) is 0 Å². The second kappa shape index (κ2) is 6.64. The Kier molecular flexibility index (Phi) is 3.97. The summed E-state index contributed by atoms with van der Waals surface area (Å²) in [6.45, 7) is 6.03. The van der Waals surface area contributed by atoms with Crippen molar-refractivity contribution in [3.8, 4) is 0 Å². The predicted molar refractivity (Wildman–Crippen MR) is 114 cm³/mol. The Morgan fingerprint density at radius 1 is 0.643 bits per heavy atom. The van der Waals surface area contributed by atoms with Gasteiger partial charge < -0.3 is 9.13 Å². The highest BCUT2D eigenvalue weighted by atomic mass is 15.0. The number of rotatable bonds is 4. The minimum absolute atomic E-state index is 0.824. The van der Waals surface area contributed by atoms with Crippen LogP contribution >= 0.6 is 0 Å². The van der Waals surface area contributed by atoms with Gasteiger partial charge in [0.2, 0.25) is 0 Å². The molecule has 0 atom stereocenters. The molecule has 4 nitrogen and oxygen atoms in total. The Morgan fingerprint density at radius 2 is 1.11 bits per heavy atom. The molecule has 28 heavy (non-hydrogen) atoms. The van der Waals surface area contributed by atoms with Crippen molar-refractivity contribution in [1.29, 1.82) is 0 Å². The van der Waals surface area contributed by atoms with E-state index in [1.807, 2.05) is 24.8 Å². The van der Waals surface area contributed by atoms with Crippen LogP contribution < -0.4 is 0 Å². The first kappa shape index (κ1) is 16.8. The molecule has 0 saturated heterocycles. The van der Waals surface area contributed by atoms with E-state index in [0.717, 1.165) is 24.1 Å². The molecule has 0 unspecified atom stereocenters. The van der Waals surface area contributed by atoms with Crippen molar-refractivity contribution in [3.63, 3.8) is 0 Å². The third-order valence-electron chi connectivity index (χ3n) is 5.53. The van der Waals surface area contributed by atoms with Gasteiger partial charge in [0.1, 0.15) is 0 Å². The molecule has 0 N–H and O–H groups in total. The highest BCUT2D eigenvalue weighted by molar-refractivity contribution is 5.75. The molecule has 138 valence electrons. The van der Waals surface area contributed by atoms with E-state index < -0.39 is 0 Å². The number of aromatic nitrogens is 4. The van der Waals surface area contributed by atoms with Crippen molar-refractivity contribution in [1.82, 2.24) is 19.1 Å². The monoisotopic (exact) mass is 366 g/mol. The lowest BCUT2D eigenvalue weighted by molar-refractivity contribution is 0.794. The standard InChI is InChI=1S/C24H22N4/c1-17-11-18(2)20(14-28-16-26-22-8-4-6-10-24(22)28)12-19(17)13-27-15-25-21-7-3-5-9-23(21)27/h3-12,15-16H,13-14H2,1-2H3. The molecule has 3 aromatic carbocycles. The summed E-state index contributed by atoms with van der Waals surface area (Å²) in [5, 5.41) is 0. The molecule has 0 amide bonds. The van der Waals surface area contributed by atoms with E-state index in [1.54, 1.807) is 0 Å². The molecule has 0 aliphatic rings. The van der Waals surface area contributed by atoms with E-state index >= 15 is 0 Å². The minimum Gasteiger partial charge on any atom is -0.326 e. The maximum atomic E-state index is 4.53. The van der Waals surface area contributed by atoms with Crippen molar-refractivity contribution in [2.75, 3.05) is 0 Å². The SMILES string of the molecule is Cc1cc(C)c(Cn2cnc3ccccc32)cc1Cn1cnc2ccccc21. The van der Waals surface area contributed by atoms with Crippen LogP contribution in [0.2, 0.25) is 0 Å². The second-order valence-electron chi connectivity index (χ2n) is 7.43. The molecule has 0 radical (unpaired) electrons. The fourth-order valence-electron chi connectivity index (χ4n) is 3.93. The van der Waals surface area contributed by atoms with Gasteiger partial charge in [0.25, 0.3) is 0 Å². The summed E-state index contributed by atoms with van der Waals surface area (Å²) in [5.41, 5.74) is 9.70. The third kappa shape index (κ3) is 2.87. The molecule has 0 fully saturated rings. The van der Waals surface area contributed by atoms with Gasteiger partial charge in [-0.1, -0.05) is 36.4 Å². The highest BCUT2D eigenvalue weighted by Gasteiger charge is 2.10. The van der Waals surface area contributed by atoms with E-state index in [-0.39, 0.29) is 0 Å². The smallest absolute Gasteiger partial charge is 0.0961 e. The number of hydrogen-bond acceptors (Lipinski definition) is 2. The van der Waals surface area contributed by atoms with Gasteiger partial charge in [0, 0.05) is 13.1 Å². The Balaban J connectivity index is 1.51. The van der Waals surface area contributed by atoms with Gasteiger partial charge >= 0.3 is 0 Å². The molecule has 2 aromatic heterocycles. The van der Waals surface area contributed by atoms with Gasteiger partial charge in [0.15, 0.2) is 0 Å². The van der Waals surface area contributed by atoms with Gasteiger partial charge in [-0.05, 0) is 60.4 Å². The third-order valence-corrected chi connectivity index (χ3v) is 5.53. The Labute approximate surface area is 164 Å². The number of imidazole rings is 2. The second-order valence-corrected chi connectivity index (χ2v) is 7.43. The van der Waals surface area contributed by atoms with Crippen LogP contribution in [0.4, 0.5) is 0 Å². The number of aryl methyl sites for hydroxylation is 2. The first-order chi connectivity index (χ1) is 13.7. The van der Waals surface area contributed by atoms with E-state index in [0.29, 0.717) is 0 Å². The maximum absolute atomic E-state index is 4.53. The lowest BCUT2D eigenvalue weighted by Gasteiger charge is -2.14. The van der Waals surface area contributed by atoms with Crippen LogP contribution in [-0.4, -0.2) is 19.1 Å². The van der Waals surface area contributed by atoms with E-state index in [4.69, 9.17) is 0 Å². The van der Waals surface area contributed by atoms with Crippen molar-refractivity contribution in [2.24, 2.45) is 0 Å². The van der Waals surface area contributed by atoms with Crippen LogP contribution in [0.5, 0.6) is 0 Å². The number of nitrogens with zero attached hydrogens (tertiary/aromatic N) is 4. The summed E-state index contributed by atoms with van der Waals surface area (Å²) < 4.78 is 4.45. The number of para-hydroxylation sites is 4. The molecular formula is C24H22N4. The molecule has 0 saturated carbocycles. The molecule has 0 spiro atoms. The van der Waals surface area contributed by atoms with Crippen molar-refractivity contribution in [2.45, 2.75) is 26.9 Å². The van der Waals surface area contributed by atoms with Gasteiger partial charge in [-0.25, -0.2) is 9.97 Å². The molecule has 5 rings (SSSR count). The summed E-state index contributed by atoms with van der Waals surface area (Å²) in [5.74, 6) is 0. The fraction of sp³-hybridized carbons (Fsp3) is 0.167. The summed E-state index contributed by atoms with van der Waals surface area (Å²) in [4.78, 5) is 9.06. The molecular weight excluding hydrogens is 344 g/mol. The lowest BCUT2D eigenvalue weighted by atomic mass is 9.99. The molecule has 0 aliphatic heterocycles. The summed E-state index contributed by atoms with van der Waals surface area (Å²) in [6, 6.07) is 21.2. The topological polar surface area (TPSA) is 35.6 Å². The number of hydrogen-bond donors (Lipinski definition) is 0. The summed E-state index contributed by atoms with van der Waals surface area (Å²) in [6.07, 6.45) is 3.88. The molecule has 0 aliphatic carbocycles. The van der Waals surface area contributed by atoms with Gasteiger partial charge in [-0.2, -0.15) is 0 Å². The molecule has 4 heteroatoms. The quantitative estimate of drug-likeness (QED) is 0.444. The Morgan fingerprint density at radius 3 is 1.61 bits per heavy atom. The Bertz CT molecular complexity index is 1200. The number of fused-ring (bicyclic) bond motifs is 2. The number of benzene rings is 3. The van der Waals surface area contributed by atoms with Crippen molar-refractivity contribution in [3.05, 3.63) is 95.6 Å². The molecule has 0 bridgehead atoms. The summed E-state index contributed by atoms with van der Waals surface area (Å²) in [7, 11) is 0. The molecule has 5 aromatic rings.